The number of aryl methyl sites for hydroxylation is 1. The van der Waals surface area contributed by atoms with E-state index in [1.54, 1.807) is 18.1 Å². The number of amides is 1. The van der Waals surface area contributed by atoms with Gasteiger partial charge < -0.3 is 5.32 Å². The lowest BCUT2D eigenvalue weighted by molar-refractivity contribution is -0.384. The summed E-state index contributed by atoms with van der Waals surface area (Å²) in [6.07, 6.45) is 2.02. The molecular weight excluding hydrogens is 298 g/mol. The zero-order valence-corrected chi connectivity index (χ0v) is 11.9. The molecule has 1 aromatic heterocycles. The molecule has 0 spiro atoms. The summed E-state index contributed by atoms with van der Waals surface area (Å²) >= 11 is 5.88. The summed E-state index contributed by atoms with van der Waals surface area (Å²) in [5, 5.41) is 17.6. The van der Waals surface area contributed by atoms with Crippen LogP contribution in [0.2, 0.25) is 5.02 Å². The van der Waals surface area contributed by atoms with Gasteiger partial charge in [0.05, 0.1) is 15.5 Å². The van der Waals surface area contributed by atoms with E-state index in [4.69, 9.17) is 11.6 Å². The van der Waals surface area contributed by atoms with Gasteiger partial charge in [-0.15, -0.1) is 0 Å². The smallest absolute Gasteiger partial charge is 0.270 e. The first kappa shape index (κ1) is 14.9. The van der Waals surface area contributed by atoms with Gasteiger partial charge in [-0.3, -0.25) is 19.6 Å². The van der Waals surface area contributed by atoms with Crippen molar-refractivity contribution in [1.29, 1.82) is 0 Å². The predicted molar refractivity (Wildman–Crippen MR) is 75.1 cm³/mol. The van der Waals surface area contributed by atoms with Crippen LogP contribution in [-0.4, -0.2) is 32.1 Å². The van der Waals surface area contributed by atoms with Crippen molar-refractivity contribution < 1.29 is 9.72 Å². The Bertz CT molecular complexity index is 685. The SMILES string of the molecule is Cn1cnc(CCNC(=O)c2cc([N+](=O)[O-])ccc2Cl)n1. The molecule has 0 saturated heterocycles. The summed E-state index contributed by atoms with van der Waals surface area (Å²) < 4.78 is 1.56. The predicted octanol–water partition coefficient (Wildman–Crippen LogP) is 1.35. The van der Waals surface area contributed by atoms with Gasteiger partial charge in [-0.25, -0.2) is 4.98 Å². The van der Waals surface area contributed by atoms with Gasteiger partial charge >= 0.3 is 0 Å². The largest absolute Gasteiger partial charge is 0.352 e. The number of rotatable bonds is 5. The number of non-ortho nitro benzene ring substituents is 1. The molecule has 1 amide bonds. The summed E-state index contributed by atoms with van der Waals surface area (Å²) in [5.41, 5.74) is -0.115. The number of nitrogens with one attached hydrogen (secondary N) is 1. The Morgan fingerprint density at radius 3 is 2.90 bits per heavy atom. The van der Waals surface area contributed by atoms with Crippen LogP contribution >= 0.6 is 11.6 Å². The fraction of sp³-hybridized carbons (Fsp3) is 0.250. The Morgan fingerprint density at radius 2 is 2.29 bits per heavy atom. The Labute approximate surface area is 124 Å². The normalized spacial score (nSPS) is 10.4. The van der Waals surface area contributed by atoms with Crippen LogP contribution in [0.15, 0.2) is 24.5 Å². The molecule has 1 N–H and O–H groups in total. The van der Waals surface area contributed by atoms with Crippen LogP contribution < -0.4 is 5.32 Å². The number of halogens is 1. The minimum atomic E-state index is -0.578. The number of hydrogen-bond acceptors (Lipinski definition) is 5. The van der Waals surface area contributed by atoms with Crippen LogP contribution in [0.3, 0.4) is 0 Å². The molecule has 0 unspecified atom stereocenters. The van der Waals surface area contributed by atoms with Gasteiger partial charge in [-0.1, -0.05) is 11.6 Å². The minimum Gasteiger partial charge on any atom is -0.352 e. The van der Waals surface area contributed by atoms with Crippen LogP contribution in [0.25, 0.3) is 0 Å². The molecule has 110 valence electrons. The number of nitro groups is 1. The third kappa shape index (κ3) is 3.76. The van der Waals surface area contributed by atoms with Crippen molar-refractivity contribution in [1.82, 2.24) is 20.1 Å². The lowest BCUT2D eigenvalue weighted by Gasteiger charge is -2.05. The standard InChI is InChI=1S/C12H12ClN5O3/c1-17-7-15-11(16-17)4-5-14-12(19)9-6-8(18(20)21)2-3-10(9)13/h2-3,6-7H,4-5H2,1H3,(H,14,19). The number of nitro benzene ring substituents is 1. The third-order valence-electron chi connectivity index (χ3n) is 2.69. The highest BCUT2D eigenvalue weighted by Gasteiger charge is 2.15. The molecule has 8 nitrogen and oxygen atoms in total. The van der Waals surface area contributed by atoms with Gasteiger partial charge in [0.15, 0.2) is 5.82 Å². The second-order valence-electron chi connectivity index (χ2n) is 4.26. The minimum absolute atomic E-state index is 0.0693. The second kappa shape index (κ2) is 6.31. The molecule has 1 heterocycles. The zero-order valence-electron chi connectivity index (χ0n) is 11.1. The average molecular weight is 310 g/mol. The highest BCUT2D eigenvalue weighted by Crippen LogP contribution is 2.21. The molecule has 0 saturated carbocycles. The van der Waals surface area contributed by atoms with Crippen LogP contribution in [-0.2, 0) is 13.5 Å². The number of benzene rings is 1. The van der Waals surface area contributed by atoms with Crippen LogP contribution in [0.5, 0.6) is 0 Å². The summed E-state index contributed by atoms with van der Waals surface area (Å²) in [5.74, 6) is 0.127. The summed E-state index contributed by atoms with van der Waals surface area (Å²) in [6.45, 7) is 0.307. The Hall–Kier alpha value is -2.48. The molecule has 21 heavy (non-hydrogen) atoms. The van der Waals surface area contributed by atoms with E-state index >= 15 is 0 Å². The average Bonchev–Trinajstić information content (AvgIpc) is 2.84. The van der Waals surface area contributed by atoms with Crippen molar-refractivity contribution in [2.45, 2.75) is 6.42 Å². The van der Waals surface area contributed by atoms with Gasteiger partial charge in [0.2, 0.25) is 0 Å². The van der Waals surface area contributed by atoms with Gasteiger partial charge in [0.25, 0.3) is 11.6 Å². The number of aromatic nitrogens is 3. The van der Waals surface area contributed by atoms with Gasteiger partial charge in [-0.2, -0.15) is 5.10 Å². The second-order valence-corrected chi connectivity index (χ2v) is 4.67. The van der Waals surface area contributed by atoms with Crippen molar-refractivity contribution in [2.75, 3.05) is 6.54 Å². The van der Waals surface area contributed by atoms with Crippen LogP contribution in [0.4, 0.5) is 5.69 Å². The highest BCUT2D eigenvalue weighted by molar-refractivity contribution is 6.33. The van der Waals surface area contributed by atoms with Gasteiger partial charge in [0.1, 0.15) is 6.33 Å². The van der Waals surface area contributed by atoms with E-state index in [0.29, 0.717) is 18.8 Å². The maximum absolute atomic E-state index is 12.0. The lowest BCUT2D eigenvalue weighted by atomic mass is 10.2. The van der Waals surface area contributed by atoms with Crippen molar-refractivity contribution in [3.8, 4) is 0 Å². The van der Waals surface area contributed by atoms with E-state index in [-0.39, 0.29) is 16.3 Å². The molecule has 0 aliphatic heterocycles. The first-order chi connectivity index (χ1) is 9.97. The maximum Gasteiger partial charge on any atom is 0.270 e. The maximum atomic E-state index is 12.0. The molecule has 0 atom stereocenters. The van der Waals surface area contributed by atoms with E-state index in [0.717, 1.165) is 6.07 Å². The molecule has 9 heteroatoms. The molecule has 1 aromatic carbocycles. The summed E-state index contributed by atoms with van der Waals surface area (Å²) in [6, 6.07) is 3.72. The number of hydrogen-bond donors (Lipinski definition) is 1. The third-order valence-corrected chi connectivity index (χ3v) is 3.02. The Balaban J connectivity index is 1.99. The molecule has 2 rings (SSSR count). The topological polar surface area (TPSA) is 103 Å². The van der Waals surface area contributed by atoms with E-state index in [1.807, 2.05) is 0 Å². The molecule has 0 radical (unpaired) electrons. The van der Waals surface area contributed by atoms with E-state index in [2.05, 4.69) is 15.4 Å². The van der Waals surface area contributed by atoms with Crippen molar-refractivity contribution in [2.24, 2.45) is 7.05 Å². The fourth-order valence-electron chi connectivity index (χ4n) is 1.68. The molecule has 2 aromatic rings. The highest BCUT2D eigenvalue weighted by atomic mass is 35.5. The van der Waals surface area contributed by atoms with Gasteiger partial charge in [-0.05, 0) is 6.07 Å². The molecule has 0 fully saturated rings. The fourth-order valence-corrected chi connectivity index (χ4v) is 1.89. The van der Waals surface area contributed by atoms with Gasteiger partial charge in [0, 0.05) is 32.1 Å². The summed E-state index contributed by atoms with van der Waals surface area (Å²) in [4.78, 5) is 26.1. The molecular formula is C12H12ClN5O3. The Morgan fingerprint density at radius 1 is 1.52 bits per heavy atom. The summed E-state index contributed by atoms with van der Waals surface area (Å²) in [7, 11) is 1.75. The van der Waals surface area contributed by atoms with Crippen molar-refractivity contribution in [3.05, 3.63) is 51.1 Å². The quantitative estimate of drug-likeness (QED) is 0.663. The number of carbonyl (C=O) groups is 1. The number of carbonyl (C=O) groups excluding carboxylic acids is 1. The monoisotopic (exact) mass is 309 g/mol. The van der Waals surface area contributed by atoms with E-state index in [9.17, 15) is 14.9 Å². The number of nitrogens with zero attached hydrogens (tertiary/aromatic N) is 4. The lowest BCUT2D eigenvalue weighted by Crippen LogP contribution is -2.26. The van der Waals surface area contributed by atoms with Crippen LogP contribution in [0.1, 0.15) is 16.2 Å². The first-order valence-electron chi connectivity index (χ1n) is 6.04. The first-order valence-corrected chi connectivity index (χ1v) is 6.42. The Kier molecular flexibility index (Phi) is 4.49. The zero-order chi connectivity index (χ0) is 15.4. The van der Waals surface area contributed by atoms with Crippen molar-refractivity contribution >= 4 is 23.2 Å². The van der Waals surface area contributed by atoms with E-state index in [1.165, 1.54) is 12.1 Å². The molecule has 0 aliphatic rings. The van der Waals surface area contributed by atoms with E-state index < -0.39 is 10.8 Å². The molecule has 0 aliphatic carbocycles. The molecule has 0 bridgehead atoms. The van der Waals surface area contributed by atoms with Crippen LogP contribution in [0, 0.1) is 10.1 Å². The van der Waals surface area contributed by atoms with Crippen molar-refractivity contribution in [3.63, 3.8) is 0 Å².